The van der Waals surface area contributed by atoms with Crippen molar-refractivity contribution in [1.82, 2.24) is 15.3 Å². The van der Waals surface area contributed by atoms with Gasteiger partial charge in [0.05, 0.1) is 0 Å². The van der Waals surface area contributed by atoms with Crippen LogP contribution in [0.4, 0.5) is 5.69 Å². The lowest BCUT2D eigenvalue weighted by molar-refractivity contribution is 0.0953. The second-order valence-corrected chi connectivity index (χ2v) is 5.13. The van der Waals surface area contributed by atoms with Gasteiger partial charge in [0.1, 0.15) is 5.82 Å². The minimum atomic E-state index is -0.128. The molecule has 1 heterocycles. The molecule has 0 aliphatic rings. The third kappa shape index (κ3) is 3.35. The molecular formula is C13H15BrN4O. The van der Waals surface area contributed by atoms with Crippen LogP contribution in [0.15, 0.2) is 29.0 Å². The van der Waals surface area contributed by atoms with Gasteiger partial charge in [-0.15, -0.1) is 0 Å². The normalized spacial score (nSPS) is 10.4. The minimum Gasteiger partial charge on any atom is -0.398 e. The van der Waals surface area contributed by atoms with Gasteiger partial charge in [0, 0.05) is 41.1 Å². The van der Waals surface area contributed by atoms with Gasteiger partial charge in [0.25, 0.3) is 5.91 Å². The van der Waals surface area contributed by atoms with E-state index in [2.05, 4.69) is 31.2 Å². The van der Waals surface area contributed by atoms with E-state index in [1.54, 1.807) is 24.5 Å². The molecule has 19 heavy (non-hydrogen) atoms. The van der Waals surface area contributed by atoms with Crippen molar-refractivity contribution in [3.63, 3.8) is 0 Å². The number of rotatable bonds is 4. The molecule has 5 nitrogen and oxygen atoms in total. The predicted molar refractivity (Wildman–Crippen MR) is 77.9 cm³/mol. The lowest BCUT2D eigenvalue weighted by atomic mass is 10.1. The number of nitrogens with zero attached hydrogens (tertiary/aromatic N) is 1. The van der Waals surface area contributed by atoms with Gasteiger partial charge in [0.15, 0.2) is 0 Å². The van der Waals surface area contributed by atoms with Crippen molar-refractivity contribution in [2.24, 2.45) is 0 Å². The van der Waals surface area contributed by atoms with Crippen LogP contribution in [0, 0.1) is 6.92 Å². The number of imidazole rings is 1. The number of carbonyl (C=O) groups excluding carboxylic acids is 1. The molecule has 1 aromatic heterocycles. The molecule has 100 valence electrons. The number of hydrogen-bond donors (Lipinski definition) is 3. The van der Waals surface area contributed by atoms with Crippen molar-refractivity contribution in [2.45, 2.75) is 13.3 Å². The van der Waals surface area contributed by atoms with Gasteiger partial charge in [-0.1, -0.05) is 15.9 Å². The van der Waals surface area contributed by atoms with Crippen LogP contribution in [0.2, 0.25) is 0 Å². The molecular weight excluding hydrogens is 308 g/mol. The number of halogens is 1. The number of H-pyrrole nitrogens is 1. The van der Waals surface area contributed by atoms with Gasteiger partial charge in [-0.3, -0.25) is 4.79 Å². The van der Waals surface area contributed by atoms with E-state index in [0.29, 0.717) is 24.2 Å². The summed E-state index contributed by atoms with van der Waals surface area (Å²) < 4.78 is 0.798. The number of amides is 1. The van der Waals surface area contributed by atoms with Crippen LogP contribution in [0.5, 0.6) is 0 Å². The van der Waals surface area contributed by atoms with Crippen LogP contribution in [0.1, 0.15) is 21.7 Å². The number of aromatic amines is 1. The van der Waals surface area contributed by atoms with Crippen molar-refractivity contribution < 1.29 is 4.79 Å². The van der Waals surface area contributed by atoms with Gasteiger partial charge in [-0.05, 0) is 24.6 Å². The van der Waals surface area contributed by atoms with Crippen LogP contribution in [-0.4, -0.2) is 22.4 Å². The largest absolute Gasteiger partial charge is 0.398 e. The molecule has 6 heteroatoms. The van der Waals surface area contributed by atoms with E-state index < -0.39 is 0 Å². The molecule has 4 N–H and O–H groups in total. The smallest absolute Gasteiger partial charge is 0.251 e. The number of aromatic nitrogens is 2. The second-order valence-electron chi connectivity index (χ2n) is 4.21. The number of anilines is 1. The third-order valence-electron chi connectivity index (χ3n) is 2.86. The molecule has 0 atom stereocenters. The zero-order valence-corrected chi connectivity index (χ0v) is 12.1. The number of hydrogen-bond acceptors (Lipinski definition) is 3. The van der Waals surface area contributed by atoms with E-state index >= 15 is 0 Å². The zero-order valence-electron chi connectivity index (χ0n) is 10.5. The molecule has 2 aromatic rings. The second kappa shape index (κ2) is 5.88. The first-order valence-corrected chi connectivity index (χ1v) is 6.69. The van der Waals surface area contributed by atoms with E-state index in [-0.39, 0.29) is 5.91 Å². The fourth-order valence-corrected chi connectivity index (χ4v) is 2.24. The average molecular weight is 323 g/mol. The Morgan fingerprint density at radius 1 is 1.53 bits per heavy atom. The standard InChI is InChI=1S/C13H15BrN4O/c1-8-10(6-9(14)7-11(8)15)13(19)18-3-2-12-16-4-5-17-12/h4-7H,2-3,15H2,1H3,(H,16,17)(H,18,19). The molecule has 0 aliphatic heterocycles. The lowest BCUT2D eigenvalue weighted by Gasteiger charge is -2.10. The van der Waals surface area contributed by atoms with E-state index in [1.807, 2.05) is 6.92 Å². The summed E-state index contributed by atoms with van der Waals surface area (Å²) in [6.07, 6.45) is 4.12. The highest BCUT2D eigenvalue weighted by molar-refractivity contribution is 9.10. The summed E-state index contributed by atoms with van der Waals surface area (Å²) >= 11 is 3.34. The Bertz CT molecular complexity index is 581. The summed E-state index contributed by atoms with van der Waals surface area (Å²) in [6, 6.07) is 3.56. The van der Waals surface area contributed by atoms with E-state index in [1.165, 1.54) is 0 Å². The number of carbonyl (C=O) groups is 1. The molecule has 0 radical (unpaired) electrons. The quantitative estimate of drug-likeness (QED) is 0.753. The number of nitrogens with one attached hydrogen (secondary N) is 2. The van der Waals surface area contributed by atoms with Crippen molar-refractivity contribution >= 4 is 27.5 Å². The fourth-order valence-electron chi connectivity index (χ4n) is 1.76. The predicted octanol–water partition coefficient (Wildman–Crippen LogP) is 2.04. The Balaban J connectivity index is 2.00. The maximum atomic E-state index is 12.1. The van der Waals surface area contributed by atoms with Gasteiger partial charge >= 0.3 is 0 Å². The van der Waals surface area contributed by atoms with Crippen molar-refractivity contribution in [2.75, 3.05) is 12.3 Å². The molecule has 0 unspecified atom stereocenters. The molecule has 0 saturated carbocycles. The Morgan fingerprint density at radius 3 is 3.00 bits per heavy atom. The molecule has 0 spiro atoms. The maximum Gasteiger partial charge on any atom is 0.251 e. The topological polar surface area (TPSA) is 83.8 Å². The van der Waals surface area contributed by atoms with Gasteiger partial charge in [0.2, 0.25) is 0 Å². The summed E-state index contributed by atoms with van der Waals surface area (Å²) in [7, 11) is 0. The molecule has 1 aromatic carbocycles. The van der Waals surface area contributed by atoms with Crippen LogP contribution in [0.25, 0.3) is 0 Å². The summed E-state index contributed by atoms with van der Waals surface area (Å²) in [5.41, 5.74) is 7.82. The molecule has 1 amide bonds. The van der Waals surface area contributed by atoms with E-state index in [9.17, 15) is 4.79 Å². The van der Waals surface area contributed by atoms with Crippen molar-refractivity contribution in [3.05, 3.63) is 46.0 Å². The number of nitrogens with two attached hydrogens (primary N) is 1. The fraction of sp³-hybridized carbons (Fsp3) is 0.231. The molecule has 0 saturated heterocycles. The maximum absolute atomic E-state index is 12.1. The highest BCUT2D eigenvalue weighted by atomic mass is 79.9. The van der Waals surface area contributed by atoms with E-state index in [0.717, 1.165) is 15.9 Å². The molecule has 0 aliphatic carbocycles. The SMILES string of the molecule is Cc1c(N)cc(Br)cc1C(=O)NCCc1ncc[nH]1. The zero-order chi connectivity index (χ0) is 13.8. The van der Waals surface area contributed by atoms with Gasteiger partial charge in [-0.2, -0.15) is 0 Å². The molecule has 0 bridgehead atoms. The summed E-state index contributed by atoms with van der Waals surface area (Å²) in [6.45, 7) is 2.36. The summed E-state index contributed by atoms with van der Waals surface area (Å²) in [4.78, 5) is 19.2. The van der Waals surface area contributed by atoms with Crippen molar-refractivity contribution in [3.8, 4) is 0 Å². The van der Waals surface area contributed by atoms with Gasteiger partial charge in [-0.25, -0.2) is 4.98 Å². The molecule has 2 rings (SSSR count). The Morgan fingerprint density at radius 2 is 2.32 bits per heavy atom. The van der Waals surface area contributed by atoms with Gasteiger partial charge < -0.3 is 16.0 Å². The highest BCUT2D eigenvalue weighted by Crippen LogP contribution is 2.22. The average Bonchev–Trinajstić information content (AvgIpc) is 2.86. The minimum absolute atomic E-state index is 0.128. The third-order valence-corrected chi connectivity index (χ3v) is 3.32. The highest BCUT2D eigenvalue weighted by Gasteiger charge is 2.11. The summed E-state index contributed by atoms with van der Waals surface area (Å²) in [5.74, 6) is 0.725. The van der Waals surface area contributed by atoms with Crippen LogP contribution in [-0.2, 0) is 6.42 Å². The van der Waals surface area contributed by atoms with Crippen LogP contribution < -0.4 is 11.1 Å². The number of benzene rings is 1. The Hall–Kier alpha value is -1.82. The van der Waals surface area contributed by atoms with Crippen LogP contribution in [0.3, 0.4) is 0 Å². The first-order valence-electron chi connectivity index (χ1n) is 5.90. The number of nitrogen functional groups attached to an aromatic ring is 1. The Kier molecular flexibility index (Phi) is 4.21. The van der Waals surface area contributed by atoms with E-state index in [4.69, 9.17) is 5.73 Å². The molecule has 0 fully saturated rings. The summed E-state index contributed by atoms with van der Waals surface area (Å²) in [5, 5.41) is 2.86. The first-order chi connectivity index (χ1) is 9.08. The van der Waals surface area contributed by atoms with Crippen molar-refractivity contribution in [1.29, 1.82) is 0 Å². The lowest BCUT2D eigenvalue weighted by Crippen LogP contribution is -2.26. The first kappa shape index (κ1) is 13.6. The van der Waals surface area contributed by atoms with Crippen LogP contribution >= 0.6 is 15.9 Å². The Labute approximate surface area is 119 Å². The monoisotopic (exact) mass is 322 g/mol.